The molecule has 1 aliphatic rings. The SMILES string of the molecule is CCC(C)C(C)NC1CCCN(c2ncccn2)C1. The Morgan fingerprint density at radius 3 is 2.79 bits per heavy atom. The van der Waals surface area contributed by atoms with E-state index in [0.717, 1.165) is 25.0 Å². The van der Waals surface area contributed by atoms with Crippen molar-refractivity contribution in [1.82, 2.24) is 15.3 Å². The van der Waals surface area contributed by atoms with Crippen LogP contribution in [0, 0.1) is 5.92 Å². The van der Waals surface area contributed by atoms with E-state index in [0.29, 0.717) is 12.1 Å². The number of nitrogens with zero attached hydrogens (tertiary/aromatic N) is 3. The Hall–Kier alpha value is -1.16. The quantitative estimate of drug-likeness (QED) is 0.885. The van der Waals surface area contributed by atoms with Crippen molar-refractivity contribution >= 4 is 5.95 Å². The zero-order chi connectivity index (χ0) is 13.7. The number of nitrogens with one attached hydrogen (secondary N) is 1. The molecule has 4 heteroatoms. The van der Waals surface area contributed by atoms with Crippen LogP contribution in [-0.4, -0.2) is 35.1 Å². The Balaban J connectivity index is 1.91. The second-order valence-electron chi connectivity index (χ2n) is 5.67. The molecule has 0 radical (unpaired) electrons. The molecule has 0 aromatic carbocycles. The monoisotopic (exact) mass is 262 g/mol. The van der Waals surface area contributed by atoms with Crippen LogP contribution in [0.15, 0.2) is 18.5 Å². The van der Waals surface area contributed by atoms with Crippen molar-refractivity contribution in [3.8, 4) is 0 Å². The molecule has 19 heavy (non-hydrogen) atoms. The third kappa shape index (κ3) is 3.90. The lowest BCUT2D eigenvalue weighted by molar-refractivity contribution is 0.319. The van der Waals surface area contributed by atoms with Crippen LogP contribution in [0.4, 0.5) is 5.95 Å². The maximum absolute atomic E-state index is 4.35. The highest BCUT2D eigenvalue weighted by molar-refractivity contribution is 5.29. The van der Waals surface area contributed by atoms with Crippen LogP contribution < -0.4 is 10.2 Å². The molecule has 1 aromatic heterocycles. The molecule has 4 nitrogen and oxygen atoms in total. The van der Waals surface area contributed by atoms with Gasteiger partial charge in [0.1, 0.15) is 0 Å². The minimum Gasteiger partial charge on any atom is -0.339 e. The van der Waals surface area contributed by atoms with E-state index in [1.165, 1.54) is 19.3 Å². The normalized spacial score (nSPS) is 23.1. The lowest BCUT2D eigenvalue weighted by Gasteiger charge is -2.35. The molecule has 0 bridgehead atoms. The molecule has 0 spiro atoms. The molecule has 1 aromatic rings. The van der Waals surface area contributed by atoms with E-state index in [2.05, 4.69) is 41.0 Å². The largest absolute Gasteiger partial charge is 0.339 e. The maximum Gasteiger partial charge on any atom is 0.225 e. The van der Waals surface area contributed by atoms with Crippen LogP contribution in [0.25, 0.3) is 0 Å². The van der Waals surface area contributed by atoms with Gasteiger partial charge in [0.25, 0.3) is 0 Å². The Morgan fingerprint density at radius 1 is 1.37 bits per heavy atom. The molecule has 106 valence electrons. The molecule has 2 heterocycles. The maximum atomic E-state index is 4.35. The molecule has 0 amide bonds. The summed E-state index contributed by atoms with van der Waals surface area (Å²) in [7, 11) is 0. The van der Waals surface area contributed by atoms with Crippen molar-refractivity contribution in [2.24, 2.45) is 5.92 Å². The number of anilines is 1. The fraction of sp³-hybridized carbons (Fsp3) is 0.733. The fourth-order valence-electron chi connectivity index (χ4n) is 2.64. The van der Waals surface area contributed by atoms with Crippen molar-refractivity contribution < 1.29 is 0 Å². The summed E-state index contributed by atoms with van der Waals surface area (Å²) in [5.74, 6) is 1.59. The summed E-state index contributed by atoms with van der Waals surface area (Å²) in [6.07, 6.45) is 7.34. The van der Waals surface area contributed by atoms with Gasteiger partial charge in [-0.2, -0.15) is 0 Å². The Kier molecular flexibility index (Phi) is 5.14. The van der Waals surface area contributed by atoms with E-state index >= 15 is 0 Å². The summed E-state index contributed by atoms with van der Waals surface area (Å²) < 4.78 is 0. The molecule has 1 saturated heterocycles. The van der Waals surface area contributed by atoms with E-state index < -0.39 is 0 Å². The number of hydrogen-bond acceptors (Lipinski definition) is 4. The van der Waals surface area contributed by atoms with E-state index in [4.69, 9.17) is 0 Å². The summed E-state index contributed by atoms with van der Waals surface area (Å²) >= 11 is 0. The van der Waals surface area contributed by atoms with Crippen molar-refractivity contribution in [3.05, 3.63) is 18.5 Å². The number of rotatable bonds is 5. The van der Waals surface area contributed by atoms with Gasteiger partial charge in [0.15, 0.2) is 0 Å². The molecule has 1 aliphatic heterocycles. The highest BCUT2D eigenvalue weighted by atomic mass is 15.3. The van der Waals surface area contributed by atoms with Gasteiger partial charge in [-0.25, -0.2) is 9.97 Å². The molecule has 2 rings (SSSR count). The highest BCUT2D eigenvalue weighted by Crippen LogP contribution is 2.17. The number of aromatic nitrogens is 2. The first-order valence-electron chi connectivity index (χ1n) is 7.48. The predicted octanol–water partition coefficient (Wildman–Crippen LogP) is 2.47. The van der Waals surface area contributed by atoms with Crippen molar-refractivity contribution in [1.29, 1.82) is 0 Å². The molecule has 0 aliphatic carbocycles. The van der Waals surface area contributed by atoms with Crippen molar-refractivity contribution in [3.63, 3.8) is 0 Å². The second-order valence-corrected chi connectivity index (χ2v) is 5.67. The van der Waals surface area contributed by atoms with E-state index in [1.54, 1.807) is 0 Å². The van der Waals surface area contributed by atoms with Gasteiger partial charge >= 0.3 is 0 Å². The molecule has 0 saturated carbocycles. The smallest absolute Gasteiger partial charge is 0.225 e. The summed E-state index contributed by atoms with van der Waals surface area (Å²) in [6.45, 7) is 8.96. The van der Waals surface area contributed by atoms with Crippen LogP contribution in [0.2, 0.25) is 0 Å². The van der Waals surface area contributed by atoms with Crippen LogP contribution in [0.5, 0.6) is 0 Å². The Morgan fingerprint density at radius 2 is 2.11 bits per heavy atom. The van der Waals surface area contributed by atoms with Gasteiger partial charge in [0.2, 0.25) is 5.95 Å². The van der Waals surface area contributed by atoms with Gasteiger partial charge in [-0.05, 0) is 31.7 Å². The van der Waals surface area contributed by atoms with Crippen molar-refractivity contribution in [2.75, 3.05) is 18.0 Å². The van der Waals surface area contributed by atoms with Gasteiger partial charge in [-0.15, -0.1) is 0 Å². The molecule has 3 atom stereocenters. The van der Waals surface area contributed by atoms with Crippen LogP contribution in [0.1, 0.15) is 40.0 Å². The summed E-state index contributed by atoms with van der Waals surface area (Å²) in [5, 5.41) is 3.77. The molecule has 3 unspecified atom stereocenters. The average Bonchev–Trinajstić information content (AvgIpc) is 2.47. The third-order valence-corrected chi connectivity index (χ3v) is 4.25. The summed E-state index contributed by atoms with van der Waals surface area (Å²) in [4.78, 5) is 11.0. The van der Waals surface area contributed by atoms with E-state index in [1.807, 2.05) is 18.5 Å². The van der Waals surface area contributed by atoms with Gasteiger partial charge < -0.3 is 10.2 Å². The summed E-state index contributed by atoms with van der Waals surface area (Å²) in [6, 6.07) is 3.00. The van der Waals surface area contributed by atoms with Crippen LogP contribution in [0.3, 0.4) is 0 Å². The number of piperidine rings is 1. The predicted molar refractivity (Wildman–Crippen MR) is 79.3 cm³/mol. The number of hydrogen-bond donors (Lipinski definition) is 1. The Bertz CT molecular complexity index is 368. The average molecular weight is 262 g/mol. The van der Waals surface area contributed by atoms with Gasteiger partial charge in [-0.1, -0.05) is 20.3 Å². The van der Waals surface area contributed by atoms with E-state index in [-0.39, 0.29) is 0 Å². The third-order valence-electron chi connectivity index (χ3n) is 4.25. The zero-order valence-corrected chi connectivity index (χ0v) is 12.3. The van der Waals surface area contributed by atoms with Gasteiger partial charge in [0, 0.05) is 37.6 Å². The minimum atomic E-state index is 0.557. The fourth-order valence-corrected chi connectivity index (χ4v) is 2.64. The first kappa shape index (κ1) is 14.3. The van der Waals surface area contributed by atoms with Crippen LogP contribution >= 0.6 is 0 Å². The topological polar surface area (TPSA) is 41.0 Å². The lowest BCUT2D eigenvalue weighted by atomic mass is 9.98. The lowest BCUT2D eigenvalue weighted by Crippen LogP contribution is -2.50. The minimum absolute atomic E-state index is 0.557. The molecular weight excluding hydrogens is 236 g/mol. The standard InChI is InChI=1S/C15H26N4/c1-4-12(2)13(3)18-14-7-5-10-19(11-14)15-16-8-6-9-17-15/h6,8-9,12-14,18H,4-5,7,10-11H2,1-3H3. The van der Waals surface area contributed by atoms with Crippen molar-refractivity contribution in [2.45, 2.75) is 52.1 Å². The Labute approximate surface area is 116 Å². The first-order chi connectivity index (χ1) is 9.20. The molecular formula is C15H26N4. The first-order valence-corrected chi connectivity index (χ1v) is 7.48. The zero-order valence-electron chi connectivity index (χ0n) is 12.3. The van der Waals surface area contributed by atoms with Gasteiger partial charge in [-0.3, -0.25) is 0 Å². The summed E-state index contributed by atoms with van der Waals surface area (Å²) in [5.41, 5.74) is 0. The molecule has 1 fully saturated rings. The molecule has 1 N–H and O–H groups in total. The highest BCUT2D eigenvalue weighted by Gasteiger charge is 2.23. The van der Waals surface area contributed by atoms with Gasteiger partial charge in [0.05, 0.1) is 0 Å². The second kappa shape index (κ2) is 6.85. The van der Waals surface area contributed by atoms with E-state index in [9.17, 15) is 0 Å². The van der Waals surface area contributed by atoms with Crippen LogP contribution in [-0.2, 0) is 0 Å².